The van der Waals surface area contributed by atoms with Gasteiger partial charge in [-0.15, -0.1) is 0 Å². The predicted molar refractivity (Wildman–Crippen MR) is 124 cm³/mol. The summed E-state index contributed by atoms with van der Waals surface area (Å²) in [6.45, 7) is 0.481. The van der Waals surface area contributed by atoms with E-state index in [1.54, 1.807) is 24.4 Å². The van der Waals surface area contributed by atoms with E-state index in [1.165, 1.54) is 12.1 Å². The van der Waals surface area contributed by atoms with Gasteiger partial charge in [-0.1, -0.05) is 47.9 Å². The molecule has 3 aromatic heterocycles. The number of nitrogens with zero attached hydrogens (tertiary/aromatic N) is 2. The monoisotopic (exact) mass is 441 g/mol. The summed E-state index contributed by atoms with van der Waals surface area (Å²) in [5.41, 5.74) is 3.21. The third-order valence-electron chi connectivity index (χ3n) is 4.90. The van der Waals surface area contributed by atoms with E-state index in [1.807, 2.05) is 52.9 Å². The van der Waals surface area contributed by atoms with E-state index < -0.39 is 0 Å². The predicted octanol–water partition coefficient (Wildman–Crippen LogP) is 6.40. The molecule has 5 aromatic rings. The first-order chi connectivity index (χ1) is 15.7. The van der Waals surface area contributed by atoms with Gasteiger partial charge in [0, 0.05) is 18.3 Å². The second-order valence-corrected chi connectivity index (χ2v) is 7.58. The molecule has 4 nitrogen and oxygen atoms in total. The number of anilines is 1. The van der Waals surface area contributed by atoms with Crippen molar-refractivity contribution in [3.63, 3.8) is 0 Å². The molecule has 0 bridgehead atoms. The van der Waals surface area contributed by atoms with Crippen molar-refractivity contribution < 1.29 is 8.81 Å². The first kappa shape index (κ1) is 19.9. The van der Waals surface area contributed by atoms with Crippen molar-refractivity contribution in [3.05, 3.63) is 113 Å². The first-order valence-corrected chi connectivity index (χ1v) is 10.4. The Balaban J connectivity index is 1.49. The number of hydrogen-bond donors (Lipinski definition) is 1. The maximum Gasteiger partial charge on any atom is 0.178 e. The molecule has 0 aliphatic carbocycles. The average Bonchev–Trinajstić information content (AvgIpc) is 3.42. The summed E-state index contributed by atoms with van der Waals surface area (Å²) in [6.07, 6.45) is 1.79. The van der Waals surface area contributed by atoms with Crippen LogP contribution in [0.5, 0.6) is 0 Å². The Morgan fingerprint density at radius 1 is 0.938 bits per heavy atom. The molecular formula is C26H17ClFN3O. The maximum atomic E-state index is 13.2. The molecule has 6 heteroatoms. The van der Waals surface area contributed by atoms with Crippen LogP contribution < -0.4 is 5.32 Å². The number of nitrogens with one attached hydrogen (secondary N) is 1. The van der Waals surface area contributed by atoms with Crippen molar-refractivity contribution in [2.75, 3.05) is 5.32 Å². The highest BCUT2D eigenvalue weighted by molar-refractivity contribution is 6.30. The van der Waals surface area contributed by atoms with E-state index in [-0.39, 0.29) is 5.82 Å². The van der Waals surface area contributed by atoms with Crippen LogP contribution in [0.25, 0.3) is 17.1 Å². The van der Waals surface area contributed by atoms with Gasteiger partial charge >= 0.3 is 0 Å². The summed E-state index contributed by atoms with van der Waals surface area (Å²) >= 11 is 6.22. The fraction of sp³-hybridized carbons (Fsp3) is 0.0385. The Morgan fingerprint density at radius 3 is 2.56 bits per heavy atom. The number of rotatable bonds is 4. The minimum atomic E-state index is -0.268. The van der Waals surface area contributed by atoms with Gasteiger partial charge in [-0.05, 0) is 60.0 Å². The van der Waals surface area contributed by atoms with Gasteiger partial charge in [0.15, 0.2) is 11.5 Å². The Hall–Kier alpha value is -4.01. The number of hydrogen-bond acceptors (Lipinski definition) is 3. The highest BCUT2D eigenvalue weighted by Crippen LogP contribution is 2.31. The lowest BCUT2D eigenvalue weighted by Crippen LogP contribution is -2.03. The number of imidazole rings is 1. The normalized spacial score (nSPS) is 10.7. The van der Waals surface area contributed by atoms with Crippen LogP contribution in [0.15, 0.2) is 89.5 Å². The van der Waals surface area contributed by atoms with Crippen LogP contribution in [-0.4, -0.2) is 9.38 Å². The van der Waals surface area contributed by atoms with E-state index in [0.29, 0.717) is 28.8 Å². The van der Waals surface area contributed by atoms with E-state index in [0.717, 1.165) is 22.6 Å². The molecular weight excluding hydrogens is 425 g/mol. The van der Waals surface area contributed by atoms with Gasteiger partial charge in [0.2, 0.25) is 0 Å². The van der Waals surface area contributed by atoms with Gasteiger partial charge < -0.3 is 9.73 Å². The van der Waals surface area contributed by atoms with Gasteiger partial charge in [0.1, 0.15) is 23.0 Å². The number of furan rings is 1. The summed E-state index contributed by atoms with van der Waals surface area (Å²) in [4.78, 5) is 4.72. The smallest absolute Gasteiger partial charge is 0.178 e. The summed E-state index contributed by atoms with van der Waals surface area (Å²) in [5, 5.41) is 3.97. The molecule has 32 heavy (non-hydrogen) atoms. The molecule has 3 heterocycles. The van der Waals surface area contributed by atoms with Crippen LogP contribution in [0.2, 0.25) is 5.02 Å². The van der Waals surface area contributed by atoms with Crippen LogP contribution >= 0.6 is 11.6 Å². The number of benzene rings is 2. The molecule has 0 unspecified atom stereocenters. The largest absolute Gasteiger partial charge is 0.446 e. The SMILES string of the molecule is Fc1ccc(CNc2c(-c3ccc(C#Cc4ccccc4)o3)nc3ccc(Cl)cn23)cc1. The summed E-state index contributed by atoms with van der Waals surface area (Å²) < 4.78 is 21.1. The molecule has 156 valence electrons. The lowest BCUT2D eigenvalue weighted by molar-refractivity contribution is 0.567. The molecule has 0 aliphatic rings. The Kier molecular flexibility index (Phi) is 5.37. The van der Waals surface area contributed by atoms with Crippen molar-refractivity contribution >= 4 is 23.1 Å². The first-order valence-electron chi connectivity index (χ1n) is 9.99. The zero-order valence-electron chi connectivity index (χ0n) is 16.8. The zero-order chi connectivity index (χ0) is 21.9. The lowest BCUT2D eigenvalue weighted by Gasteiger charge is -2.08. The maximum absolute atomic E-state index is 13.2. The standard InChI is InChI=1S/C26H17ClFN3O/c27-20-9-15-24-30-25(23-14-13-22(32-23)12-8-18-4-2-1-3-5-18)26(31(24)17-20)29-16-19-6-10-21(28)11-7-19/h1-7,9-11,13-15,17,29H,16H2. The lowest BCUT2D eigenvalue weighted by atomic mass is 10.2. The van der Waals surface area contributed by atoms with E-state index in [4.69, 9.17) is 21.0 Å². The van der Waals surface area contributed by atoms with Gasteiger partial charge in [-0.25, -0.2) is 9.37 Å². The van der Waals surface area contributed by atoms with E-state index in [9.17, 15) is 4.39 Å². The van der Waals surface area contributed by atoms with Crippen LogP contribution in [0, 0.1) is 17.7 Å². The molecule has 2 aromatic carbocycles. The van der Waals surface area contributed by atoms with Crippen molar-refractivity contribution in [2.24, 2.45) is 0 Å². The fourth-order valence-electron chi connectivity index (χ4n) is 3.34. The van der Waals surface area contributed by atoms with Crippen molar-refractivity contribution in [1.82, 2.24) is 9.38 Å². The van der Waals surface area contributed by atoms with Gasteiger partial charge in [0.25, 0.3) is 0 Å². The highest BCUT2D eigenvalue weighted by Gasteiger charge is 2.17. The van der Waals surface area contributed by atoms with Gasteiger partial charge in [-0.3, -0.25) is 4.40 Å². The van der Waals surface area contributed by atoms with Crippen LogP contribution in [-0.2, 0) is 6.54 Å². The Morgan fingerprint density at radius 2 is 1.75 bits per heavy atom. The summed E-state index contributed by atoms with van der Waals surface area (Å²) in [7, 11) is 0. The van der Waals surface area contributed by atoms with Crippen LogP contribution in [0.4, 0.5) is 10.2 Å². The van der Waals surface area contributed by atoms with E-state index >= 15 is 0 Å². The number of halogens is 2. The Labute approximate surface area is 189 Å². The van der Waals surface area contributed by atoms with E-state index in [2.05, 4.69) is 17.2 Å². The minimum Gasteiger partial charge on any atom is -0.446 e. The van der Waals surface area contributed by atoms with Crippen molar-refractivity contribution in [1.29, 1.82) is 0 Å². The molecule has 0 aliphatic heterocycles. The number of pyridine rings is 1. The van der Waals surface area contributed by atoms with Gasteiger partial charge in [-0.2, -0.15) is 0 Å². The van der Waals surface area contributed by atoms with Crippen molar-refractivity contribution in [3.8, 4) is 23.3 Å². The highest BCUT2D eigenvalue weighted by atomic mass is 35.5. The quantitative estimate of drug-likeness (QED) is 0.328. The molecule has 0 atom stereocenters. The fourth-order valence-corrected chi connectivity index (χ4v) is 3.50. The third kappa shape index (κ3) is 4.22. The average molecular weight is 442 g/mol. The van der Waals surface area contributed by atoms with Crippen LogP contribution in [0.1, 0.15) is 16.9 Å². The van der Waals surface area contributed by atoms with Crippen molar-refractivity contribution in [2.45, 2.75) is 6.54 Å². The molecule has 5 rings (SSSR count). The molecule has 0 amide bonds. The van der Waals surface area contributed by atoms with Crippen LogP contribution in [0.3, 0.4) is 0 Å². The molecule has 0 fully saturated rings. The molecule has 0 spiro atoms. The number of fused-ring (bicyclic) bond motifs is 1. The zero-order valence-corrected chi connectivity index (χ0v) is 17.6. The molecule has 0 radical (unpaired) electrons. The topological polar surface area (TPSA) is 42.5 Å². The Bertz CT molecular complexity index is 1440. The molecule has 1 N–H and O–H groups in total. The van der Waals surface area contributed by atoms with Gasteiger partial charge in [0.05, 0.1) is 5.02 Å². The second-order valence-electron chi connectivity index (χ2n) is 7.14. The summed E-state index contributed by atoms with van der Waals surface area (Å²) in [5.74, 6) is 7.73. The number of aromatic nitrogens is 2. The minimum absolute atomic E-state index is 0.268. The third-order valence-corrected chi connectivity index (χ3v) is 5.12. The second kappa shape index (κ2) is 8.62. The summed E-state index contributed by atoms with van der Waals surface area (Å²) in [6, 6.07) is 23.4. The molecule has 0 saturated heterocycles. The molecule has 0 saturated carbocycles.